The third kappa shape index (κ3) is 3.49. The van der Waals surface area contributed by atoms with E-state index >= 15 is 0 Å². The fourth-order valence-corrected chi connectivity index (χ4v) is 3.67. The largest absolute Gasteiger partial charge is 0.497 e. The first-order valence-electron chi connectivity index (χ1n) is 9.46. The predicted octanol–water partition coefficient (Wildman–Crippen LogP) is 1.93. The van der Waals surface area contributed by atoms with Gasteiger partial charge in [0.05, 0.1) is 7.11 Å². The molecule has 0 bridgehead atoms. The molecule has 0 saturated heterocycles. The Kier molecular flexibility index (Phi) is 4.85. The van der Waals surface area contributed by atoms with Gasteiger partial charge in [-0.15, -0.1) is 5.10 Å². The van der Waals surface area contributed by atoms with E-state index in [-0.39, 0.29) is 24.2 Å². The molecule has 0 spiro atoms. The van der Waals surface area contributed by atoms with Crippen molar-refractivity contribution in [1.82, 2.24) is 24.5 Å². The summed E-state index contributed by atoms with van der Waals surface area (Å²) in [4.78, 5) is 29.8. The second kappa shape index (κ2) is 7.46. The molecule has 3 aromatic rings. The lowest BCUT2D eigenvalue weighted by Gasteiger charge is -2.11. The van der Waals surface area contributed by atoms with Crippen molar-refractivity contribution in [3.63, 3.8) is 0 Å². The zero-order valence-corrected chi connectivity index (χ0v) is 16.0. The normalized spacial score (nSPS) is 14.5. The Bertz CT molecular complexity index is 1060. The SMILES string of the molecule is COc1ccc(-c2nc(C)cc3nn(CC(=O)NC4CCCC4)c(=O)n23)cc1. The van der Waals surface area contributed by atoms with Crippen LogP contribution in [0.1, 0.15) is 31.4 Å². The fraction of sp³-hybridized carbons (Fsp3) is 0.400. The van der Waals surface area contributed by atoms with Gasteiger partial charge in [-0.25, -0.2) is 18.9 Å². The van der Waals surface area contributed by atoms with Crippen LogP contribution in [0.4, 0.5) is 0 Å². The van der Waals surface area contributed by atoms with Crippen LogP contribution in [-0.2, 0) is 11.3 Å². The Balaban J connectivity index is 1.69. The minimum absolute atomic E-state index is 0.0991. The molecule has 146 valence electrons. The van der Waals surface area contributed by atoms with Gasteiger partial charge >= 0.3 is 5.69 Å². The number of hydrogen-bond acceptors (Lipinski definition) is 5. The highest BCUT2D eigenvalue weighted by Gasteiger charge is 2.20. The van der Waals surface area contributed by atoms with Crippen molar-refractivity contribution in [2.45, 2.75) is 45.2 Å². The second-order valence-corrected chi connectivity index (χ2v) is 7.13. The maximum Gasteiger partial charge on any atom is 0.352 e. The van der Waals surface area contributed by atoms with E-state index < -0.39 is 0 Å². The molecule has 0 aliphatic heterocycles. The Morgan fingerprint density at radius 2 is 1.96 bits per heavy atom. The van der Waals surface area contributed by atoms with Gasteiger partial charge in [0.1, 0.15) is 18.1 Å². The summed E-state index contributed by atoms with van der Waals surface area (Å²) in [6, 6.07) is 9.26. The predicted molar refractivity (Wildman–Crippen MR) is 104 cm³/mol. The lowest BCUT2D eigenvalue weighted by atomic mass is 10.2. The van der Waals surface area contributed by atoms with Crippen LogP contribution in [0, 0.1) is 6.92 Å². The number of carbonyl (C=O) groups excluding carboxylic acids is 1. The molecule has 2 aromatic heterocycles. The van der Waals surface area contributed by atoms with E-state index in [1.165, 1.54) is 9.08 Å². The van der Waals surface area contributed by atoms with Crippen molar-refractivity contribution in [2.75, 3.05) is 7.11 Å². The average Bonchev–Trinajstić information content (AvgIpc) is 3.29. The highest BCUT2D eigenvalue weighted by atomic mass is 16.5. The van der Waals surface area contributed by atoms with E-state index in [0.29, 0.717) is 11.5 Å². The summed E-state index contributed by atoms with van der Waals surface area (Å²) >= 11 is 0. The molecule has 4 rings (SSSR count). The number of carbonyl (C=O) groups is 1. The number of ether oxygens (including phenoxy) is 1. The van der Waals surface area contributed by atoms with E-state index in [1.807, 2.05) is 31.2 Å². The molecule has 1 saturated carbocycles. The molecule has 1 aliphatic carbocycles. The van der Waals surface area contributed by atoms with Crippen LogP contribution in [0.5, 0.6) is 5.75 Å². The number of nitrogens with one attached hydrogen (secondary N) is 1. The van der Waals surface area contributed by atoms with Gasteiger partial charge in [-0.05, 0) is 44.0 Å². The minimum Gasteiger partial charge on any atom is -0.497 e. The molecule has 2 heterocycles. The van der Waals surface area contributed by atoms with Gasteiger partial charge in [0.15, 0.2) is 5.65 Å². The summed E-state index contributed by atoms with van der Waals surface area (Å²) < 4.78 is 7.84. The number of rotatable bonds is 5. The molecule has 1 N–H and O–H groups in total. The average molecular weight is 381 g/mol. The second-order valence-electron chi connectivity index (χ2n) is 7.13. The summed E-state index contributed by atoms with van der Waals surface area (Å²) in [5.74, 6) is 1.03. The number of fused-ring (bicyclic) bond motifs is 1. The number of methoxy groups -OCH3 is 1. The lowest BCUT2D eigenvalue weighted by Crippen LogP contribution is -2.37. The van der Waals surface area contributed by atoms with Crippen LogP contribution in [0.3, 0.4) is 0 Å². The molecule has 0 atom stereocenters. The number of aryl methyl sites for hydroxylation is 1. The molecule has 1 amide bonds. The van der Waals surface area contributed by atoms with Gasteiger partial charge in [0.2, 0.25) is 5.91 Å². The van der Waals surface area contributed by atoms with E-state index in [2.05, 4.69) is 15.4 Å². The van der Waals surface area contributed by atoms with Crippen molar-refractivity contribution < 1.29 is 9.53 Å². The van der Waals surface area contributed by atoms with Gasteiger partial charge in [0.25, 0.3) is 0 Å². The first kappa shape index (κ1) is 18.2. The molecule has 28 heavy (non-hydrogen) atoms. The van der Waals surface area contributed by atoms with Crippen LogP contribution in [0.15, 0.2) is 35.1 Å². The summed E-state index contributed by atoms with van der Waals surface area (Å²) in [7, 11) is 1.60. The molecule has 1 fully saturated rings. The van der Waals surface area contributed by atoms with E-state index in [4.69, 9.17) is 4.74 Å². The van der Waals surface area contributed by atoms with Crippen LogP contribution < -0.4 is 15.7 Å². The summed E-state index contributed by atoms with van der Waals surface area (Å²) in [5, 5.41) is 7.34. The van der Waals surface area contributed by atoms with Crippen molar-refractivity contribution in [3.05, 3.63) is 46.5 Å². The van der Waals surface area contributed by atoms with Crippen LogP contribution in [0.25, 0.3) is 17.0 Å². The van der Waals surface area contributed by atoms with E-state index in [9.17, 15) is 9.59 Å². The summed E-state index contributed by atoms with van der Waals surface area (Å²) in [6.45, 7) is 1.75. The molecule has 0 radical (unpaired) electrons. The monoisotopic (exact) mass is 381 g/mol. The molecule has 8 heteroatoms. The van der Waals surface area contributed by atoms with E-state index in [0.717, 1.165) is 42.7 Å². The van der Waals surface area contributed by atoms with Gasteiger partial charge < -0.3 is 10.1 Å². The Hall–Kier alpha value is -3.16. The van der Waals surface area contributed by atoms with Crippen molar-refractivity contribution in [3.8, 4) is 17.1 Å². The number of amides is 1. The van der Waals surface area contributed by atoms with Gasteiger partial charge in [0, 0.05) is 23.4 Å². The number of hydrogen-bond donors (Lipinski definition) is 1. The zero-order chi connectivity index (χ0) is 19.7. The Morgan fingerprint density at radius 3 is 2.64 bits per heavy atom. The quantitative estimate of drug-likeness (QED) is 0.729. The minimum atomic E-state index is -0.380. The molecule has 0 unspecified atom stereocenters. The summed E-state index contributed by atoms with van der Waals surface area (Å²) in [5.41, 5.74) is 1.60. The standard InChI is InChI=1S/C20H23N5O3/c1-13-11-17-23-24(12-18(26)22-15-5-3-4-6-15)20(27)25(17)19(21-13)14-7-9-16(28-2)10-8-14/h7-11,15H,3-6,12H2,1-2H3,(H,22,26). The first-order chi connectivity index (χ1) is 13.5. The Labute approximate surface area is 162 Å². The lowest BCUT2D eigenvalue weighted by molar-refractivity contribution is -0.122. The first-order valence-corrected chi connectivity index (χ1v) is 9.46. The van der Waals surface area contributed by atoms with Crippen LogP contribution >= 0.6 is 0 Å². The number of aromatic nitrogens is 4. The third-order valence-electron chi connectivity index (χ3n) is 5.06. The molecule has 8 nitrogen and oxygen atoms in total. The van der Waals surface area contributed by atoms with Crippen LogP contribution in [0.2, 0.25) is 0 Å². The number of benzene rings is 1. The van der Waals surface area contributed by atoms with Gasteiger partial charge in [-0.2, -0.15) is 0 Å². The fourth-order valence-electron chi connectivity index (χ4n) is 3.67. The Morgan fingerprint density at radius 1 is 1.25 bits per heavy atom. The van der Waals surface area contributed by atoms with Crippen LogP contribution in [-0.4, -0.2) is 38.2 Å². The van der Waals surface area contributed by atoms with Gasteiger partial charge in [-0.3, -0.25) is 4.79 Å². The highest BCUT2D eigenvalue weighted by molar-refractivity contribution is 5.76. The molecule has 1 aliphatic rings. The van der Waals surface area contributed by atoms with Crippen molar-refractivity contribution in [1.29, 1.82) is 0 Å². The van der Waals surface area contributed by atoms with Crippen molar-refractivity contribution >= 4 is 11.6 Å². The maximum atomic E-state index is 12.9. The molecular formula is C20H23N5O3. The molecule has 1 aromatic carbocycles. The zero-order valence-electron chi connectivity index (χ0n) is 16.0. The third-order valence-corrected chi connectivity index (χ3v) is 5.06. The molecular weight excluding hydrogens is 358 g/mol. The number of nitrogens with zero attached hydrogens (tertiary/aromatic N) is 4. The smallest absolute Gasteiger partial charge is 0.352 e. The topological polar surface area (TPSA) is 90.5 Å². The van der Waals surface area contributed by atoms with Crippen molar-refractivity contribution in [2.24, 2.45) is 0 Å². The maximum absolute atomic E-state index is 12.9. The summed E-state index contributed by atoms with van der Waals surface area (Å²) in [6.07, 6.45) is 4.26. The van der Waals surface area contributed by atoms with Gasteiger partial charge in [-0.1, -0.05) is 12.8 Å². The highest BCUT2D eigenvalue weighted by Crippen LogP contribution is 2.21. The van der Waals surface area contributed by atoms with E-state index in [1.54, 1.807) is 13.2 Å².